The van der Waals surface area contributed by atoms with E-state index in [9.17, 15) is 0 Å². The highest BCUT2D eigenvalue weighted by Crippen LogP contribution is 2.44. The number of para-hydroxylation sites is 2. The molecule has 220 valence electrons. The number of hydrogen-bond acceptors (Lipinski definition) is 3. The Balaban J connectivity index is 1.13. The molecule has 0 aliphatic heterocycles. The predicted molar refractivity (Wildman–Crippen MR) is 195 cm³/mol. The van der Waals surface area contributed by atoms with Gasteiger partial charge in [0.2, 0.25) is 0 Å². The first-order valence-electron chi connectivity index (χ1n) is 15.9. The van der Waals surface area contributed by atoms with Crippen molar-refractivity contribution in [3.63, 3.8) is 0 Å². The minimum atomic E-state index is 0.868. The van der Waals surface area contributed by atoms with E-state index in [4.69, 9.17) is 8.83 Å². The normalized spacial score (nSPS) is 11.8. The van der Waals surface area contributed by atoms with Crippen LogP contribution in [-0.4, -0.2) is 0 Å². The van der Waals surface area contributed by atoms with Gasteiger partial charge in [-0.05, 0) is 81.6 Å². The monoisotopic (exact) mass is 601 g/mol. The van der Waals surface area contributed by atoms with Crippen molar-refractivity contribution in [3.05, 3.63) is 164 Å². The van der Waals surface area contributed by atoms with Gasteiger partial charge >= 0.3 is 0 Å². The number of hydrogen-bond donors (Lipinski definition) is 0. The molecule has 0 N–H and O–H groups in total. The molecule has 10 rings (SSSR count). The summed E-state index contributed by atoms with van der Waals surface area (Å²) in [6, 6.07) is 57.8. The van der Waals surface area contributed by atoms with Gasteiger partial charge in [0.15, 0.2) is 5.58 Å². The van der Waals surface area contributed by atoms with Gasteiger partial charge in [-0.15, -0.1) is 0 Å². The average Bonchev–Trinajstić information content (AvgIpc) is 3.72. The Kier molecular flexibility index (Phi) is 5.57. The molecule has 0 amide bonds. The molecular formula is C44H27NO2. The highest BCUT2D eigenvalue weighted by atomic mass is 16.3. The van der Waals surface area contributed by atoms with Crippen LogP contribution in [0.1, 0.15) is 0 Å². The van der Waals surface area contributed by atoms with Gasteiger partial charge in [0.1, 0.15) is 16.7 Å². The van der Waals surface area contributed by atoms with Crippen LogP contribution in [-0.2, 0) is 0 Å². The van der Waals surface area contributed by atoms with Gasteiger partial charge in [0, 0.05) is 32.9 Å². The molecule has 3 nitrogen and oxygen atoms in total. The molecule has 0 saturated heterocycles. The second-order valence-corrected chi connectivity index (χ2v) is 12.1. The minimum absolute atomic E-state index is 0.868. The van der Waals surface area contributed by atoms with E-state index in [1.54, 1.807) is 0 Å². The van der Waals surface area contributed by atoms with E-state index in [2.05, 4.69) is 157 Å². The Morgan fingerprint density at radius 1 is 0.362 bits per heavy atom. The zero-order chi connectivity index (χ0) is 30.9. The zero-order valence-electron chi connectivity index (χ0n) is 25.4. The van der Waals surface area contributed by atoms with Crippen molar-refractivity contribution in [2.24, 2.45) is 0 Å². The quantitative estimate of drug-likeness (QED) is 0.184. The average molecular weight is 602 g/mol. The number of fused-ring (bicyclic) bond motifs is 3. The van der Waals surface area contributed by atoms with E-state index in [1.165, 1.54) is 38.2 Å². The number of anilines is 3. The molecule has 3 heteroatoms. The fourth-order valence-electron chi connectivity index (χ4n) is 7.26. The number of rotatable bonds is 5. The van der Waals surface area contributed by atoms with Gasteiger partial charge in [-0.2, -0.15) is 0 Å². The molecule has 2 heterocycles. The van der Waals surface area contributed by atoms with Gasteiger partial charge in [-0.25, -0.2) is 0 Å². The van der Waals surface area contributed by atoms with Crippen molar-refractivity contribution < 1.29 is 8.83 Å². The van der Waals surface area contributed by atoms with E-state index in [0.29, 0.717) is 0 Å². The largest absolute Gasteiger partial charge is 0.456 e. The van der Waals surface area contributed by atoms with Crippen LogP contribution >= 0.6 is 0 Å². The SMILES string of the molecule is c1ccc(-c2ccc(N(c3ccc(-c4ccc5oc6cccc7ccc4c5c76)cc3)c3cccc4c3oc3ccccc34)cc2)cc1. The predicted octanol–water partition coefficient (Wildman–Crippen LogP) is 12.9. The van der Waals surface area contributed by atoms with Gasteiger partial charge in [-0.3, -0.25) is 0 Å². The Bertz CT molecular complexity index is 2720. The van der Waals surface area contributed by atoms with E-state index in [-0.39, 0.29) is 0 Å². The summed E-state index contributed by atoms with van der Waals surface area (Å²) in [5.74, 6) is 0. The fourth-order valence-corrected chi connectivity index (χ4v) is 7.26. The number of benzene rings is 8. The molecule has 2 aromatic heterocycles. The maximum absolute atomic E-state index is 6.54. The summed E-state index contributed by atoms with van der Waals surface area (Å²) in [5, 5.41) is 7.01. The molecule has 10 aromatic rings. The third kappa shape index (κ3) is 4.00. The molecule has 0 unspecified atom stereocenters. The van der Waals surface area contributed by atoms with Crippen LogP contribution in [0, 0.1) is 0 Å². The molecule has 0 aliphatic rings. The lowest BCUT2D eigenvalue weighted by Gasteiger charge is -2.26. The molecule has 0 spiro atoms. The molecule has 0 atom stereocenters. The maximum Gasteiger partial charge on any atom is 0.159 e. The van der Waals surface area contributed by atoms with Crippen LogP contribution in [0.15, 0.2) is 173 Å². The highest BCUT2D eigenvalue weighted by molar-refractivity contribution is 6.24. The number of nitrogens with zero attached hydrogens (tertiary/aromatic N) is 1. The van der Waals surface area contributed by atoms with Gasteiger partial charge < -0.3 is 13.7 Å². The Morgan fingerprint density at radius 2 is 1.02 bits per heavy atom. The van der Waals surface area contributed by atoms with Gasteiger partial charge in [0.25, 0.3) is 0 Å². The zero-order valence-corrected chi connectivity index (χ0v) is 25.4. The van der Waals surface area contributed by atoms with E-state index < -0.39 is 0 Å². The molecule has 0 fully saturated rings. The summed E-state index contributed by atoms with van der Waals surface area (Å²) in [4.78, 5) is 2.30. The van der Waals surface area contributed by atoms with E-state index >= 15 is 0 Å². The topological polar surface area (TPSA) is 29.5 Å². The van der Waals surface area contributed by atoms with Crippen LogP contribution in [0.25, 0.3) is 76.9 Å². The van der Waals surface area contributed by atoms with Crippen LogP contribution in [0.4, 0.5) is 17.1 Å². The molecule has 0 aliphatic carbocycles. The molecule has 47 heavy (non-hydrogen) atoms. The lowest BCUT2D eigenvalue weighted by molar-refractivity contribution is 0.669. The first-order chi connectivity index (χ1) is 23.3. The number of furan rings is 2. The molecular weight excluding hydrogens is 574 g/mol. The van der Waals surface area contributed by atoms with Gasteiger partial charge in [-0.1, -0.05) is 115 Å². The summed E-state index contributed by atoms with van der Waals surface area (Å²) < 4.78 is 12.8. The molecule has 0 saturated carbocycles. The maximum atomic E-state index is 6.54. The van der Waals surface area contributed by atoms with E-state index in [0.717, 1.165) is 55.7 Å². The van der Waals surface area contributed by atoms with Crippen LogP contribution in [0.5, 0.6) is 0 Å². The Morgan fingerprint density at radius 3 is 1.85 bits per heavy atom. The standard InChI is InChI=1S/C44H27NO2/c1-2-8-28(9-3-1)29-16-21-32(22-17-29)45(38-13-7-12-37-35-11-4-5-14-39(35)47-44(37)38)33-23-18-30(19-24-33)34-26-27-41-43-36(34)25-20-31-10-6-15-40(46-41)42(31)43/h1-27H. The second kappa shape index (κ2) is 10.1. The third-order valence-corrected chi connectivity index (χ3v) is 9.46. The summed E-state index contributed by atoms with van der Waals surface area (Å²) in [6.07, 6.45) is 0. The molecule has 0 bridgehead atoms. The minimum Gasteiger partial charge on any atom is -0.456 e. The Hall–Kier alpha value is -6.32. The van der Waals surface area contributed by atoms with Crippen molar-refractivity contribution in [2.45, 2.75) is 0 Å². The van der Waals surface area contributed by atoms with Gasteiger partial charge in [0.05, 0.1) is 5.69 Å². The van der Waals surface area contributed by atoms with Crippen LogP contribution < -0.4 is 4.90 Å². The van der Waals surface area contributed by atoms with Crippen molar-refractivity contribution in [1.29, 1.82) is 0 Å². The lowest BCUT2D eigenvalue weighted by atomic mass is 9.94. The summed E-state index contributed by atoms with van der Waals surface area (Å²) in [5.41, 5.74) is 11.4. The smallest absolute Gasteiger partial charge is 0.159 e. The van der Waals surface area contributed by atoms with Crippen LogP contribution in [0.3, 0.4) is 0 Å². The summed E-state index contributed by atoms with van der Waals surface area (Å²) in [6.45, 7) is 0. The highest BCUT2D eigenvalue weighted by Gasteiger charge is 2.20. The summed E-state index contributed by atoms with van der Waals surface area (Å²) >= 11 is 0. The third-order valence-electron chi connectivity index (χ3n) is 9.46. The van der Waals surface area contributed by atoms with E-state index in [1.807, 2.05) is 12.1 Å². The van der Waals surface area contributed by atoms with Crippen LogP contribution in [0.2, 0.25) is 0 Å². The molecule has 8 aromatic carbocycles. The first-order valence-corrected chi connectivity index (χ1v) is 15.9. The van der Waals surface area contributed by atoms with Crippen molar-refractivity contribution >= 4 is 71.7 Å². The first kappa shape index (κ1) is 26.0. The summed E-state index contributed by atoms with van der Waals surface area (Å²) in [7, 11) is 0. The Labute approximate surface area is 270 Å². The van der Waals surface area contributed by atoms with Crippen molar-refractivity contribution in [1.82, 2.24) is 0 Å². The van der Waals surface area contributed by atoms with Crippen molar-refractivity contribution in [3.8, 4) is 22.3 Å². The molecule has 0 radical (unpaired) electrons. The second-order valence-electron chi connectivity index (χ2n) is 12.1. The fraction of sp³-hybridized carbons (Fsp3) is 0. The van der Waals surface area contributed by atoms with Crippen molar-refractivity contribution in [2.75, 3.05) is 4.90 Å². The lowest BCUT2D eigenvalue weighted by Crippen LogP contribution is -2.10.